The number of rotatable bonds is 4. The van der Waals surface area contributed by atoms with Gasteiger partial charge in [0, 0.05) is 5.02 Å². The van der Waals surface area contributed by atoms with E-state index in [2.05, 4.69) is 25.5 Å². The number of hydrogen-bond donors (Lipinski definition) is 1. The zero-order chi connectivity index (χ0) is 17.2. The molecule has 1 N–H and O–H groups in total. The van der Waals surface area contributed by atoms with Crippen molar-refractivity contribution in [2.24, 2.45) is 0 Å². The van der Waals surface area contributed by atoms with Gasteiger partial charge in [0.05, 0.1) is 22.7 Å². The number of H-pyrrole nitrogens is 1. The molecule has 7 nitrogen and oxygen atoms in total. The third-order valence-corrected chi connectivity index (χ3v) is 5.62. The lowest BCUT2D eigenvalue weighted by Crippen LogP contribution is -2.15. The van der Waals surface area contributed by atoms with Crippen molar-refractivity contribution in [3.8, 4) is 0 Å². The quantitative estimate of drug-likeness (QED) is 0.702. The van der Waals surface area contributed by atoms with Crippen LogP contribution in [0.15, 0.2) is 28.2 Å². The van der Waals surface area contributed by atoms with Crippen molar-refractivity contribution in [1.82, 2.24) is 30.2 Å². The number of fused-ring (bicyclic) bond motifs is 1. The van der Waals surface area contributed by atoms with E-state index in [1.165, 1.54) is 31.0 Å². The maximum Gasteiger partial charge on any atom is 0.258 e. The molecule has 25 heavy (non-hydrogen) atoms. The van der Waals surface area contributed by atoms with Gasteiger partial charge in [-0.2, -0.15) is 0 Å². The van der Waals surface area contributed by atoms with Crippen LogP contribution in [0.1, 0.15) is 44.0 Å². The van der Waals surface area contributed by atoms with Crippen LogP contribution < -0.4 is 5.56 Å². The van der Waals surface area contributed by atoms with Gasteiger partial charge < -0.3 is 4.98 Å². The lowest BCUT2D eigenvalue weighted by atomic mass is 9.96. The average molecular weight is 377 g/mol. The van der Waals surface area contributed by atoms with Crippen LogP contribution in [0.3, 0.4) is 0 Å². The summed E-state index contributed by atoms with van der Waals surface area (Å²) in [5.41, 5.74) is 0.450. The van der Waals surface area contributed by atoms with Gasteiger partial charge in [-0.15, -0.1) is 5.10 Å². The topological polar surface area (TPSA) is 89.4 Å². The van der Waals surface area contributed by atoms with E-state index in [-0.39, 0.29) is 5.56 Å². The summed E-state index contributed by atoms with van der Waals surface area (Å²) >= 11 is 7.43. The summed E-state index contributed by atoms with van der Waals surface area (Å²) in [5, 5.41) is 13.9. The van der Waals surface area contributed by atoms with Crippen molar-refractivity contribution in [2.75, 3.05) is 0 Å². The highest BCUT2D eigenvalue weighted by molar-refractivity contribution is 7.98. The number of hydrogen-bond acceptors (Lipinski definition) is 6. The fourth-order valence-electron chi connectivity index (χ4n) is 3.20. The summed E-state index contributed by atoms with van der Waals surface area (Å²) in [6.07, 6.45) is 5.95. The molecule has 9 heteroatoms. The van der Waals surface area contributed by atoms with E-state index in [0.717, 1.165) is 18.0 Å². The van der Waals surface area contributed by atoms with E-state index >= 15 is 0 Å². The molecule has 0 amide bonds. The first kappa shape index (κ1) is 16.5. The van der Waals surface area contributed by atoms with Crippen molar-refractivity contribution in [3.05, 3.63) is 39.4 Å². The van der Waals surface area contributed by atoms with Crippen molar-refractivity contribution >= 4 is 34.3 Å². The summed E-state index contributed by atoms with van der Waals surface area (Å²) in [6.45, 7) is 0. The zero-order valence-electron chi connectivity index (χ0n) is 13.5. The van der Waals surface area contributed by atoms with Gasteiger partial charge in [0.15, 0.2) is 0 Å². The Morgan fingerprint density at radius 2 is 2.12 bits per heavy atom. The number of tetrazole rings is 1. The molecule has 1 aliphatic carbocycles. The van der Waals surface area contributed by atoms with Gasteiger partial charge in [-0.25, -0.2) is 9.67 Å². The molecule has 130 valence electrons. The Balaban J connectivity index is 1.54. The number of aromatic amines is 1. The zero-order valence-corrected chi connectivity index (χ0v) is 15.1. The Morgan fingerprint density at radius 1 is 1.28 bits per heavy atom. The minimum atomic E-state index is -0.185. The van der Waals surface area contributed by atoms with Crippen molar-refractivity contribution < 1.29 is 0 Å². The van der Waals surface area contributed by atoms with Crippen molar-refractivity contribution in [2.45, 2.75) is 49.1 Å². The molecule has 0 unspecified atom stereocenters. The highest BCUT2D eigenvalue weighted by atomic mass is 35.5. The first-order valence-electron chi connectivity index (χ1n) is 8.30. The van der Waals surface area contributed by atoms with E-state index in [1.807, 2.05) is 4.68 Å². The molecule has 3 aromatic rings. The Morgan fingerprint density at radius 3 is 2.96 bits per heavy atom. The monoisotopic (exact) mass is 376 g/mol. The Labute approximate surface area is 153 Å². The SMILES string of the molecule is O=c1[nH]c(CSc2nnnn2C2CCCCC2)nc2ccc(Cl)cc12. The average Bonchev–Trinajstić information content (AvgIpc) is 3.10. The van der Waals surface area contributed by atoms with Crippen LogP contribution >= 0.6 is 23.4 Å². The van der Waals surface area contributed by atoms with Crippen LogP contribution in [0.2, 0.25) is 5.02 Å². The second-order valence-electron chi connectivity index (χ2n) is 6.16. The van der Waals surface area contributed by atoms with Gasteiger partial charge >= 0.3 is 0 Å². The maximum atomic E-state index is 12.2. The van der Waals surface area contributed by atoms with Crippen LogP contribution in [0.4, 0.5) is 0 Å². The first-order chi connectivity index (χ1) is 12.2. The highest BCUT2D eigenvalue weighted by Gasteiger charge is 2.20. The third kappa shape index (κ3) is 3.55. The Kier molecular flexibility index (Phi) is 4.72. The van der Waals surface area contributed by atoms with Crippen molar-refractivity contribution in [3.63, 3.8) is 0 Å². The molecule has 2 heterocycles. The smallest absolute Gasteiger partial charge is 0.258 e. The summed E-state index contributed by atoms with van der Waals surface area (Å²) in [4.78, 5) is 19.5. The maximum absolute atomic E-state index is 12.2. The van der Waals surface area contributed by atoms with Crippen LogP contribution in [0.5, 0.6) is 0 Å². The van der Waals surface area contributed by atoms with Gasteiger partial charge in [-0.1, -0.05) is 42.6 Å². The van der Waals surface area contributed by atoms with E-state index in [4.69, 9.17) is 11.6 Å². The van der Waals surface area contributed by atoms with E-state index in [0.29, 0.717) is 33.5 Å². The van der Waals surface area contributed by atoms with Crippen LogP contribution in [-0.4, -0.2) is 30.2 Å². The predicted molar refractivity (Wildman–Crippen MR) is 96.9 cm³/mol. The summed E-state index contributed by atoms with van der Waals surface area (Å²) in [5.74, 6) is 1.10. The molecule has 1 saturated carbocycles. The largest absolute Gasteiger partial charge is 0.309 e. The fraction of sp³-hybridized carbons (Fsp3) is 0.438. The Hall–Kier alpha value is -1.93. The summed E-state index contributed by atoms with van der Waals surface area (Å²) < 4.78 is 1.92. The summed E-state index contributed by atoms with van der Waals surface area (Å²) in [7, 11) is 0. The molecule has 1 aromatic carbocycles. The molecule has 0 atom stereocenters. The molecule has 1 fully saturated rings. The normalized spacial score (nSPS) is 15.7. The van der Waals surface area contributed by atoms with Gasteiger partial charge in [0.2, 0.25) is 5.16 Å². The molecule has 0 saturated heterocycles. The van der Waals surface area contributed by atoms with Crippen LogP contribution in [0, 0.1) is 0 Å². The fourth-order valence-corrected chi connectivity index (χ4v) is 4.18. The number of halogens is 1. The van der Waals surface area contributed by atoms with Gasteiger partial charge in [0.1, 0.15) is 5.82 Å². The molecule has 1 aliphatic rings. The van der Waals surface area contributed by atoms with E-state index < -0.39 is 0 Å². The number of aromatic nitrogens is 6. The predicted octanol–water partition coefficient (Wildman–Crippen LogP) is 3.36. The van der Waals surface area contributed by atoms with E-state index in [1.54, 1.807) is 18.2 Å². The molecule has 0 spiro atoms. The molecular formula is C16H17ClN6OS. The van der Waals surface area contributed by atoms with Gasteiger partial charge in [-0.05, 0) is 41.5 Å². The van der Waals surface area contributed by atoms with Crippen molar-refractivity contribution in [1.29, 1.82) is 0 Å². The molecule has 0 aliphatic heterocycles. The molecule has 2 aromatic heterocycles. The second kappa shape index (κ2) is 7.13. The number of nitrogens with zero attached hydrogens (tertiary/aromatic N) is 5. The molecule has 0 radical (unpaired) electrons. The number of thioether (sulfide) groups is 1. The first-order valence-corrected chi connectivity index (χ1v) is 9.66. The van der Waals surface area contributed by atoms with Crippen LogP contribution in [0.25, 0.3) is 10.9 Å². The third-order valence-electron chi connectivity index (χ3n) is 4.44. The summed E-state index contributed by atoms with van der Waals surface area (Å²) in [6, 6.07) is 5.49. The standard InChI is InChI=1S/C16H17ClN6OS/c17-10-6-7-13-12(8-10)15(24)19-14(18-13)9-25-16-20-21-22-23(16)11-4-2-1-3-5-11/h6-8,11H,1-5,9H2,(H,18,19,24). The molecule has 4 rings (SSSR count). The molecular weight excluding hydrogens is 360 g/mol. The number of benzene rings is 1. The van der Waals surface area contributed by atoms with Crippen LogP contribution in [-0.2, 0) is 5.75 Å². The van der Waals surface area contributed by atoms with E-state index in [9.17, 15) is 4.79 Å². The lowest BCUT2D eigenvalue weighted by Gasteiger charge is -2.21. The van der Waals surface area contributed by atoms with Gasteiger partial charge in [0.25, 0.3) is 5.56 Å². The lowest BCUT2D eigenvalue weighted by molar-refractivity contribution is 0.307. The number of nitrogens with one attached hydrogen (secondary N) is 1. The highest BCUT2D eigenvalue weighted by Crippen LogP contribution is 2.30. The minimum absolute atomic E-state index is 0.185. The Bertz CT molecular complexity index is 949. The van der Waals surface area contributed by atoms with Gasteiger partial charge in [-0.3, -0.25) is 4.79 Å². The molecule has 0 bridgehead atoms. The second-order valence-corrected chi connectivity index (χ2v) is 7.54. The minimum Gasteiger partial charge on any atom is -0.309 e.